The summed E-state index contributed by atoms with van der Waals surface area (Å²) in [5.41, 5.74) is 5.67. The topological polar surface area (TPSA) is 80.4 Å². The van der Waals surface area contributed by atoms with Crippen LogP contribution < -0.4 is 15.4 Å². The molecule has 0 spiro atoms. The van der Waals surface area contributed by atoms with E-state index in [0.717, 1.165) is 32.7 Å². The molecule has 2 rings (SSSR count). The standard InChI is InChI=1S/C11H20N6O/c1-3-16-5-7-17(8-6-16)10-13-9(12)14-11(15-10)18-4-2/h3-8H2,1-2H3,(H2,12,13,14,15). The molecule has 0 aromatic carbocycles. The van der Waals surface area contributed by atoms with Gasteiger partial charge in [-0.25, -0.2) is 0 Å². The number of aromatic nitrogens is 3. The first-order valence-electron chi connectivity index (χ1n) is 6.34. The van der Waals surface area contributed by atoms with Gasteiger partial charge in [-0.1, -0.05) is 6.92 Å². The lowest BCUT2D eigenvalue weighted by molar-refractivity contribution is 0.268. The van der Waals surface area contributed by atoms with Gasteiger partial charge >= 0.3 is 6.01 Å². The fourth-order valence-corrected chi connectivity index (χ4v) is 1.96. The van der Waals surface area contributed by atoms with Crippen LogP contribution in [0, 0.1) is 0 Å². The normalized spacial score (nSPS) is 16.9. The number of anilines is 2. The average Bonchev–Trinajstić information content (AvgIpc) is 2.38. The predicted molar refractivity (Wildman–Crippen MR) is 69.7 cm³/mol. The molecule has 100 valence electrons. The van der Waals surface area contributed by atoms with E-state index in [9.17, 15) is 0 Å². The zero-order valence-corrected chi connectivity index (χ0v) is 11.0. The van der Waals surface area contributed by atoms with E-state index in [2.05, 4.69) is 31.7 Å². The van der Waals surface area contributed by atoms with Crippen LogP contribution in [0.15, 0.2) is 0 Å². The Morgan fingerprint density at radius 3 is 2.44 bits per heavy atom. The van der Waals surface area contributed by atoms with Crippen molar-refractivity contribution in [2.24, 2.45) is 0 Å². The van der Waals surface area contributed by atoms with Crippen LogP contribution in [0.25, 0.3) is 0 Å². The number of piperazine rings is 1. The Bertz CT molecular complexity index is 391. The van der Waals surface area contributed by atoms with Gasteiger partial charge in [0.2, 0.25) is 11.9 Å². The van der Waals surface area contributed by atoms with E-state index < -0.39 is 0 Å². The first-order valence-corrected chi connectivity index (χ1v) is 6.34. The van der Waals surface area contributed by atoms with Crippen molar-refractivity contribution < 1.29 is 4.74 Å². The van der Waals surface area contributed by atoms with Gasteiger partial charge in [-0.15, -0.1) is 0 Å². The van der Waals surface area contributed by atoms with Gasteiger partial charge < -0.3 is 20.3 Å². The molecular formula is C11H20N6O. The molecule has 0 atom stereocenters. The Morgan fingerprint density at radius 2 is 1.83 bits per heavy atom. The summed E-state index contributed by atoms with van der Waals surface area (Å²) in [7, 11) is 0. The van der Waals surface area contributed by atoms with Gasteiger partial charge in [-0.2, -0.15) is 15.0 Å². The van der Waals surface area contributed by atoms with Crippen molar-refractivity contribution in [3.05, 3.63) is 0 Å². The molecule has 18 heavy (non-hydrogen) atoms. The lowest BCUT2D eigenvalue weighted by Crippen LogP contribution is -2.46. The maximum Gasteiger partial charge on any atom is 0.323 e. The van der Waals surface area contributed by atoms with E-state index in [4.69, 9.17) is 10.5 Å². The van der Waals surface area contributed by atoms with Crippen LogP contribution in [0.2, 0.25) is 0 Å². The molecule has 0 aliphatic carbocycles. The molecule has 7 heteroatoms. The first-order chi connectivity index (χ1) is 8.72. The zero-order valence-electron chi connectivity index (χ0n) is 11.0. The van der Waals surface area contributed by atoms with Gasteiger partial charge in [-0.3, -0.25) is 0 Å². The van der Waals surface area contributed by atoms with Crippen molar-refractivity contribution in [3.63, 3.8) is 0 Å². The highest BCUT2D eigenvalue weighted by Crippen LogP contribution is 2.15. The summed E-state index contributed by atoms with van der Waals surface area (Å²) in [5, 5.41) is 0. The van der Waals surface area contributed by atoms with Crippen LogP contribution in [0.1, 0.15) is 13.8 Å². The smallest absolute Gasteiger partial charge is 0.323 e. The molecule has 1 fully saturated rings. The van der Waals surface area contributed by atoms with E-state index in [-0.39, 0.29) is 5.95 Å². The lowest BCUT2D eigenvalue weighted by atomic mass is 10.3. The fourth-order valence-electron chi connectivity index (χ4n) is 1.96. The lowest BCUT2D eigenvalue weighted by Gasteiger charge is -2.33. The fraction of sp³-hybridized carbons (Fsp3) is 0.727. The van der Waals surface area contributed by atoms with E-state index in [1.165, 1.54) is 0 Å². The number of likely N-dealkylation sites (N-methyl/N-ethyl adjacent to an activating group) is 1. The SMILES string of the molecule is CCOc1nc(N)nc(N2CCN(CC)CC2)n1. The molecule has 2 N–H and O–H groups in total. The van der Waals surface area contributed by atoms with Crippen LogP contribution in [0.5, 0.6) is 6.01 Å². The van der Waals surface area contributed by atoms with E-state index in [1.807, 2.05) is 6.92 Å². The van der Waals surface area contributed by atoms with Crippen LogP contribution in [-0.4, -0.2) is 59.2 Å². The number of rotatable bonds is 4. The van der Waals surface area contributed by atoms with Crippen LogP contribution in [0.4, 0.5) is 11.9 Å². The minimum Gasteiger partial charge on any atom is -0.464 e. The number of nitrogens with zero attached hydrogens (tertiary/aromatic N) is 5. The van der Waals surface area contributed by atoms with Crippen LogP contribution >= 0.6 is 0 Å². The molecule has 1 aromatic rings. The Hall–Kier alpha value is -1.63. The van der Waals surface area contributed by atoms with Crippen LogP contribution in [0.3, 0.4) is 0 Å². The Kier molecular flexibility index (Phi) is 4.14. The van der Waals surface area contributed by atoms with Crippen molar-refractivity contribution in [1.29, 1.82) is 0 Å². The molecule has 1 aliphatic rings. The second-order valence-corrected chi connectivity index (χ2v) is 4.13. The highest BCUT2D eigenvalue weighted by atomic mass is 16.5. The number of hydrogen-bond donors (Lipinski definition) is 1. The molecule has 1 saturated heterocycles. The minimum absolute atomic E-state index is 0.210. The number of nitrogen functional groups attached to an aromatic ring is 1. The van der Waals surface area contributed by atoms with Gasteiger partial charge in [0.25, 0.3) is 0 Å². The number of ether oxygens (including phenoxy) is 1. The summed E-state index contributed by atoms with van der Waals surface area (Å²) in [5.74, 6) is 0.822. The number of hydrogen-bond acceptors (Lipinski definition) is 7. The number of nitrogens with two attached hydrogens (primary N) is 1. The summed E-state index contributed by atoms with van der Waals surface area (Å²) in [6.07, 6.45) is 0. The Morgan fingerprint density at radius 1 is 1.11 bits per heavy atom. The third-order valence-corrected chi connectivity index (χ3v) is 3.00. The third kappa shape index (κ3) is 2.98. The van der Waals surface area contributed by atoms with Gasteiger partial charge in [-0.05, 0) is 13.5 Å². The van der Waals surface area contributed by atoms with Gasteiger partial charge in [0.15, 0.2) is 0 Å². The van der Waals surface area contributed by atoms with Gasteiger partial charge in [0, 0.05) is 26.2 Å². The molecule has 1 aromatic heterocycles. The summed E-state index contributed by atoms with van der Waals surface area (Å²) in [6.45, 7) is 9.51. The Balaban J connectivity index is 2.08. The molecule has 0 radical (unpaired) electrons. The molecule has 0 saturated carbocycles. The molecule has 7 nitrogen and oxygen atoms in total. The molecule has 0 bridgehead atoms. The third-order valence-electron chi connectivity index (χ3n) is 3.00. The van der Waals surface area contributed by atoms with E-state index >= 15 is 0 Å². The van der Waals surface area contributed by atoms with Crippen molar-refractivity contribution in [3.8, 4) is 6.01 Å². The maximum absolute atomic E-state index is 5.67. The zero-order chi connectivity index (χ0) is 13.0. The van der Waals surface area contributed by atoms with Gasteiger partial charge in [0.05, 0.1) is 6.61 Å². The summed E-state index contributed by atoms with van der Waals surface area (Å²) in [6, 6.07) is 0.304. The minimum atomic E-state index is 0.210. The summed E-state index contributed by atoms with van der Waals surface area (Å²) < 4.78 is 5.28. The van der Waals surface area contributed by atoms with Crippen molar-refractivity contribution in [2.75, 3.05) is 50.0 Å². The van der Waals surface area contributed by atoms with Crippen molar-refractivity contribution in [2.45, 2.75) is 13.8 Å². The summed E-state index contributed by atoms with van der Waals surface area (Å²) in [4.78, 5) is 16.9. The van der Waals surface area contributed by atoms with Crippen molar-refractivity contribution in [1.82, 2.24) is 19.9 Å². The van der Waals surface area contributed by atoms with E-state index in [1.54, 1.807) is 0 Å². The second kappa shape index (κ2) is 5.81. The second-order valence-electron chi connectivity index (χ2n) is 4.13. The highest BCUT2D eigenvalue weighted by molar-refractivity contribution is 5.36. The molecule has 2 heterocycles. The highest BCUT2D eigenvalue weighted by Gasteiger charge is 2.19. The predicted octanol–water partition coefficient (Wildman–Crippen LogP) is -0.00560. The maximum atomic E-state index is 5.67. The molecule has 1 aliphatic heterocycles. The Labute approximate surface area is 107 Å². The molecule has 0 amide bonds. The first kappa shape index (κ1) is 12.8. The quantitative estimate of drug-likeness (QED) is 0.807. The molecular weight excluding hydrogens is 232 g/mol. The largest absolute Gasteiger partial charge is 0.464 e. The van der Waals surface area contributed by atoms with E-state index in [0.29, 0.717) is 18.6 Å². The summed E-state index contributed by atoms with van der Waals surface area (Å²) >= 11 is 0. The van der Waals surface area contributed by atoms with Gasteiger partial charge in [0.1, 0.15) is 0 Å². The van der Waals surface area contributed by atoms with Crippen LogP contribution in [-0.2, 0) is 0 Å². The average molecular weight is 252 g/mol. The van der Waals surface area contributed by atoms with Crippen molar-refractivity contribution >= 4 is 11.9 Å². The monoisotopic (exact) mass is 252 g/mol. The molecule has 0 unspecified atom stereocenters.